The molecule has 7 nitrogen and oxygen atoms in total. The molecule has 1 fully saturated rings. The Hall–Kier alpha value is -1.88. The van der Waals surface area contributed by atoms with Crippen LogP contribution in [-0.4, -0.2) is 36.9 Å². The molecule has 1 aliphatic carbocycles. The largest absolute Gasteiger partial charge is 0.417 e. The van der Waals surface area contributed by atoms with Gasteiger partial charge in [0.2, 0.25) is 11.1 Å². The van der Waals surface area contributed by atoms with Crippen molar-refractivity contribution in [1.82, 2.24) is 25.2 Å². The first-order valence-corrected chi connectivity index (χ1v) is 9.64. The van der Waals surface area contributed by atoms with Crippen LogP contribution in [0.4, 0.5) is 19.0 Å². The summed E-state index contributed by atoms with van der Waals surface area (Å²) < 4.78 is 39.6. The lowest BCUT2D eigenvalue weighted by Crippen LogP contribution is -2.18. The maximum Gasteiger partial charge on any atom is 0.417 e. The smallest absolute Gasteiger partial charge is 0.309 e. The Labute approximate surface area is 162 Å². The lowest BCUT2D eigenvalue weighted by atomic mass is 9.96. The summed E-state index contributed by atoms with van der Waals surface area (Å²) in [6.07, 6.45) is 1.50. The van der Waals surface area contributed by atoms with E-state index in [1.165, 1.54) is 6.42 Å². The highest BCUT2D eigenvalue weighted by Gasteiger charge is 2.31. The van der Waals surface area contributed by atoms with Crippen LogP contribution in [-0.2, 0) is 11.0 Å². The van der Waals surface area contributed by atoms with E-state index in [1.807, 2.05) is 0 Å². The monoisotopic (exact) mass is 420 g/mol. The van der Waals surface area contributed by atoms with E-state index in [0.29, 0.717) is 11.4 Å². The first-order valence-electron chi connectivity index (χ1n) is 8.28. The fraction of sp³-hybridized carbons (Fsp3) is 0.533. The molecule has 2 aromatic rings. The molecule has 0 unspecified atom stereocenters. The van der Waals surface area contributed by atoms with Gasteiger partial charge in [-0.05, 0) is 29.3 Å². The van der Waals surface area contributed by atoms with Crippen LogP contribution in [0.5, 0.6) is 0 Å². The zero-order chi connectivity index (χ0) is 19.4. The molecule has 0 aliphatic heterocycles. The van der Waals surface area contributed by atoms with Crippen LogP contribution in [0.25, 0.3) is 0 Å². The Morgan fingerprint density at radius 1 is 1.33 bits per heavy atom. The number of anilines is 1. The number of carbonyl (C=O) groups is 1. The van der Waals surface area contributed by atoms with E-state index in [1.54, 1.807) is 4.68 Å². The molecular weight excluding hydrogens is 405 g/mol. The van der Waals surface area contributed by atoms with Gasteiger partial charge in [-0.15, -0.1) is 5.10 Å². The number of tetrazole rings is 1. The quantitative estimate of drug-likeness (QED) is 0.736. The summed E-state index contributed by atoms with van der Waals surface area (Å²) in [4.78, 5) is 15.7. The van der Waals surface area contributed by atoms with Crippen molar-refractivity contribution < 1.29 is 18.0 Å². The van der Waals surface area contributed by atoms with Crippen LogP contribution in [0.15, 0.2) is 17.4 Å². The van der Waals surface area contributed by atoms with E-state index in [2.05, 4.69) is 25.8 Å². The first kappa shape index (κ1) is 19.9. The molecular formula is C15H16ClF3N6OS. The third kappa shape index (κ3) is 5.10. The molecule has 12 heteroatoms. The Balaban J connectivity index is 1.59. The summed E-state index contributed by atoms with van der Waals surface area (Å²) in [7, 11) is 0. The molecule has 2 aromatic heterocycles. The van der Waals surface area contributed by atoms with Gasteiger partial charge in [-0.25, -0.2) is 9.67 Å². The summed E-state index contributed by atoms with van der Waals surface area (Å²) in [5, 5.41) is 14.3. The van der Waals surface area contributed by atoms with E-state index >= 15 is 0 Å². The summed E-state index contributed by atoms with van der Waals surface area (Å²) in [6.45, 7) is 0. The molecule has 2 heterocycles. The normalized spacial score (nSPS) is 15.7. The van der Waals surface area contributed by atoms with Crippen LogP contribution in [0.1, 0.15) is 43.7 Å². The van der Waals surface area contributed by atoms with Crippen molar-refractivity contribution in [1.29, 1.82) is 0 Å². The number of hydrogen-bond acceptors (Lipinski definition) is 6. The van der Waals surface area contributed by atoms with Crippen molar-refractivity contribution in [2.75, 3.05) is 11.1 Å². The maximum absolute atomic E-state index is 12.6. The number of thioether (sulfide) groups is 1. The van der Waals surface area contributed by atoms with E-state index in [4.69, 9.17) is 11.6 Å². The highest BCUT2D eigenvalue weighted by Crippen LogP contribution is 2.33. The van der Waals surface area contributed by atoms with Crippen LogP contribution >= 0.6 is 23.4 Å². The van der Waals surface area contributed by atoms with E-state index in [-0.39, 0.29) is 22.6 Å². The number of nitrogens with zero attached hydrogens (tertiary/aromatic N) is 5. The minimum absolute atomic E-state index is 0.0217. The molecule has 27 heavy (non-hydrogen) atoms. The molecule has 0 bridgehead atoms. The van der Waals surface area contributed by atoms with Crippen molar-refractivity contribution in [3.63, 3.8) is 0 Å². The van der Waals surface area contributed by atoms with Crippen molar-refractivity contribution in [2.45, 2.75) is 49.5 Å². The lowest BCUT2D eigenvalue weighted by molar-refractivity contribution is -0.137. The molecule has 0 aromatic carbocycles. The number of halogens is 4. The summed E-state index contributed by atoms with van der Waals surface area (Å²) in [5.74, 6) is -0.610. The maximum atomic E-state index is 12.6. The molecule has 146 valence electrons. The fourth-order valence-electron chi connectivity index (χ4n) is 2.82. The molecule has 0 radical (unpaired) electrons. The average Bonchev–Trinajstić information content (AvgIpc) is 3.10. The number of pyridine rings is 1. The van der Waals surface area contributed by atoms with Gasteiger partial charge in [0.15, 0.2) is 5.82 Å². The van der Waals surface area contributed by atoms with Gasteiger partial charge in [0, 0.05) is 6.20 Å². The number of rotatable bonds is 5. The third-order valence-corrected chi connectivity index (χ3v) is 5.36. The summed E-state index contributed by atoms with van der Waals surface area (Å²) in [5.41, 5.74) is -0.980. The van der Waals surface area contributed by atoms with E-state index < -0.39 is 17.6 Å². The minimum atomic E-state index is -4.55. The number of carbonyl (C=O) groups excluding carboxylic acids is 1. The van der Waals surface area contributed by atoms with Gasteiger partial charge in [-0.3, -0.25) is 4.79 Å². The molecule has 0 saturated heterocycles. The lowest BCUT2D eigenvalue weighted by Gasteiger charge is -2.21. The van der Waals surface area contributed by atoms with Crippen LogP contribution in [0.2, 0.25) is 5.02 Å². The van der Waals surface area contributed by atoms with Crippen molar-refractivity contribution in [3.05, 3.63) is 22.8 Å². The number of nitrogens with one attached hydrogen (secondary N) is 1. The molecule has 0 spiro atoms. The van der Waals surface area contributed by atoms with Crippen LogP contribution in [0.3, 0.4) is 0 Å². The molecule has 1 aliphatic rings. The fourth-order valence-corrected chi connectivity index (χ4v) is 3.78. The van der Waals surface area contributed by atoms with Crippen molar-refractivity contribution >= 4 is 35.1 Å². The molecule has 1 saturated carbocycles. The standard InChI is InChI=1S/C15H16ClF3N6OS/c16-11-6-9(15(17,18)19)7-20-13(11)21-12(26)8-27-14-22-23-24-25(14)10-4-2-1-3-5-10/h6-7,10H,1-5,8H2,(H,20,21,26). The Kier molecular flexibility index (Phi) is 6.20. The zero-order valence-corrected chi connectivity index (χ0v) is 15.6. The second-order valence-corrected chi connectivity index (χ2v) is 7.44. The topological polar surface area (TPSA) is 85.6 Å². The Morgan fingerprint density at radius 2 is 2.07 bits per heavy atom. The number of amides is 1. The van der Waals surface area contributed by atoms with Gasteiger partial charge >= 0.3 is 6.18 Å². The SMILES string of the molecule is O=C(CSc1nnnn1C1CCCCC1)Nc1ncc(C(F)(F)F)cc1Cl. The van der Waals surface area contributed by atoms with Gasteiger partial charge in [0.25, 0.3) is 0 Å². The summed E-state index contributed by atoms with van der Waals surface area (Å²) >= 11 is 6.94. The molecule has 1 amide bonds. The van der Waals surface area contributed by atoms with Gasteiger partial charge in [0.1, 0.15) is 0 Å². The van der Waals surface area contributed by atoms with Crippen molar-refractivity contribution in [2.24, 2.45) is 0 Å². The van der Waals surface area contributed by atoms with Crippen LogP contribution in [0, 0.1) is 0 Å². The highest BCUT2D eigenvalue weighted by molar-refractivity contribution is 7.99. The Bertz CT molecular complexity index is 809. The highest BCUT2D eigenvalue weighted by atomic mass is 35.5. The van der Waals surface area contributed by atoms with Crippen molar-refractivity contribution in [3.8, 4) is 0 Å². The number of alkyl halides is 3. The second kappa shape index (κ2) is 8.42. The van der Waals surface area contributed by atoms with E-state index in [0.717, 1.165) is 43.5 Å². The summed E-state index contributed by atoms with van der Waals surface area (Å²) in [6, 6.07) is 0.950. The molecule has 3 rings (SSSR count). The second-order valence-electron chi connectivity index (χ2n) is 6.09. The third-order valence-electron chi connectivity index (χ3n) is 4.14. The Morgan fingerprint density at radius 3 is 2.74 bits per heavy atom. The zero-order valence-electron chi connectivity index (χ0n) is 14.0. The van der Waals surface area contributed by atoms with Gasteiger partial charge < -0.3 is 5.32 Å². The number of aromatic nitrogens is 5. The average molecular weight is 421 g/mol. The number of hydrogen-bond donors (Lipinski definition) is 1. The predicted molar refractivity (Wildman–Crippen MR) is 93.5 cm³/mol. The predicted octanol–water partition coefficient (Wildman–Crippen LogP) is 3.98. The first-order chi connectivity index (χ1) is 12.8. The van der Waals surface area contributed by atoms with Gasteiger partial charge in [0.05, 0.1) is 22.4 Å². The molecule has 0 atom stereocenters. The molecule has 1 N–H and O–H groups in total. The van der Waals surface area contributed by atoms with Crippen LogP contribution < -0.4 is 5.32 Å². The van der Waals surface area contributed by atoms with Gasteiger partial charge in [-0.2, -0.15) is 13.2 Å². The minimum Gasteiger partial charge on any atom is -0.309 e. The van der Waals surface area contributed by atoms with E-state index in [9.17, 15) is 18.0 Å². The van der Waals surface area contributed by atoms with Gasteiger partial charge in [-0.1, -0.05) is 42.6 Å².